The first-order valence-corrected chi connectivity index (χ1v) is 9.99. The van der Waals surface area contributed by atoms with E-state index in [0.29, 0.717) is 28.0 Å². The van der Waals surface area contributed by atoms with Gasteiger partial charge in [-0.1, -0.05) is 18.2 Å². The number of ether oxygens (including phenoxy) is 2. The molecule has 0 spiro atoms. The minimum Gasteiger partial charge on any atom is -0.467 e. The fourth-order valence-corrected chi connectivity index (χ4v) is 3.08. The predicted octanol–water partition coefficient (Wildman–Crippen LogP) is 1.78. The first-order valence-electron chi connectivity index (χ1n) is 9.99. The molecule has 1 aromatic heterocycles. The summed E-state index contributed by atoms with van der Waals surface area (Å²) in [6.45, 7) is 5.19. The van der Waals surface area contributed by atoms with Crippen LogP contribution < -0.4 is 10.8 Å². The van der Waals surface area contributed by atoms with E-state index in [-0.39, 0.29) is 6.42 Å². The van der Waals surface area contributed by atoms with Crippen LogP contribution in [0.15, 0.2) is 46.9 Å². The Balaban J connectivity index is 1.83. The Morgan fingerprint density at radius 3 is 2.59 bits per heavy atom. The van der Waals surface area contributed by atoms with Gasteiger partial charge in [0.1, 0.15) is 17.2 Å². The standard InChI is InChI=1S/C22H25BN2O7/c1-22(2,3)32-21(27)25-17(20(26)30-4)11-13-8-9-18-16(10-13)24-19(31-18)14-6-5-7-15(12-14)23(28)29/h5-10,12,17,28-29H,11H2,1-4H3,(H,25,27)/t17-/m0/s1. The number of aromatic nitrogens is 1. The van der Waals surface area contributed by atoms with E-state index in [2.05, 4.69) is 10.3 Å². The Hall–Kier alpha value is -3.37. The van der Waals surface area contributed by atoms with Crippen molar-refractivity contribution in [2.75, 3.05) is 7.11 Å². The number of oxazole rings is 1. The maximum Gasteiger partial charge on any atom is 0.488 e. The number of carbonyl (C=O) groups excluding carboxylic acids is 2. The van der Waals surface area contributed by atoms with Crippen LogP contribution in [-0.2, 0) is 20.7 Å². The van der Waals surface area contributed by atoms with Crippen LogP contribution in [0.4, 0.5) is 4.79 Å². The van der Waals surface area contributed by atoms with Crippen molar-refractivity contribution in [3.8, 4) is 11.5 Å². The van der Waals surface area contributed by atoms with Crippen molar-refractivity contribution in [1.82, 2.24) is 10.3 Å². The Labute approximate surface area is 185 Å². The topological polar surface area (TPSA) is 131 Å². The Morgan fingerprint density at radius 2 is 1.94 bits per heavy atom. The molecule has 0 aliphatic carbocycles. The van der Waals surface area contributed by atoms with E-state index in [1.165, 1.54) is 7.11 Å². The minimum atomic E-state index is -1.60. The van der Waals surface area contributed by atoms with Crippen molar-refractivity contribution in [3.05, 3.63) is 48.0 Å². The number of hydrogen-bond donors (Lipinski definition) is 3. The second kappa shape index (κ2) is 9.41. The summed E-state index contributed by atoms with van der Waals surface area (Å²) in [6.07, 6.45) is -0.556. The third-order valence-electron chi connectivity index (χ3n) is 4.50. The van der Waals surface area contributed by atoms with Gasteiger partial charge in [-0.3, -0.25) is 0 Å². The van der Waals surface area contributed by atoms with Crippen LogP contribution in [0.5, 0.6) is 0 Å². The zero-order valence-corrected chi connectivity index (χ0v) is 18.3. The van der Waals surface area contributed by atoms with Gasteiger partial charge in [0.25, 0.3) is 0 Å². The number of rotatable bonds is 6. The van der Waals surface area contributed by atoms with E-state index >= 15 is 0 Å². The van der Waals surface area contributed by atoms with Gasteiger partial charge in [0.05, 0.1) is 7.11 Å². The van der Waals surface area contributed by atoms with Gasteiger partial charge in [0.2, 0.25) is 5.89 Å². The van der Waals surface area contributed by atoms with Gasteiger partial charge in [0.15, 0.2) is 5.58 Å². The van der Waals surface area contributed by atoms with Gasteiger partial charge in [-0.15, -0.1) is 0 Å². The third kappa shape index (κ3) is 5.86. The molecular weight excluding hydrogens is 415 g/mol. The number of nitrogens with one attached hydrogen (secondary N) is 1. The van der Waals surface area contributed by atoms with Crippen LogP contribution in [-0.4, -0.2) is 53.0 Å². The molecule has 0 saturated heterocycles. The fourth-order valence-electron chi connectivity index (χ4n) is 3.08. The molecule has 0 bridgehead atoms. The van der Waals surface area contributed by atoms with E-state index < -0.39 is 30.8 Å². The van der Waals surface area contributed by atoms with Crippen LogP contribution in [0.25, 0.3) is 22.6 Å². The van der Waals surface area contributed by atoms with Crippen molar-refractivity contribution in [2.24, 2.45) is 0 Å². The minimum absolute atomic E-state index is 0.163. The molecule has 1 amide bonds. The van der Waals surface area contributed by atoms with Crippen LogP contribution in [0.3, 0.4) is 0 Å². The molecule has 168 valence electrons. The van der Waals surface area contributed by atoms with Crippen LogP contribution in [0.1, 0.15) is 26.3 Å². The molecule has 9 nitrogen and oxygen atoms in total. The molecule has 3 aromatic rings. The predicted molar refractivity (Wildman–Crippen MR) is 118 cm³/mol. The summed E-state index contributed by atoms with van der Waals surface area (Å²) in [5.74, 6) is -0.285. The molecule has 0 fully saturated rings. The molecule has 0 radical (unpaired) electrons. The molecule has 3 rings (SSSR count). The molecule has 1 heterocycles. The number of amides is 1. The highest BCUT2D eigenvalue weighted by atomic mass is 16.6. The molecule has 0 unspecified atom stereocenters. The van der Waals surface area contributed by atoms with Crippen LogP contribution in [0, 0.1) is 0 Å². The molecule has 0 saturated carbocycles. The smallest absolute Gasteiger partial charge is 0.467 e. The zero-order valence-electron chi connectivity index (χ0n) is 18.3. The molecule has 0 aliphatic heterocycles. The Bertz CT molecular complexity index is 1120. The number of benzene rings is 2. The molecule has 32 heavy (non-hydrogen) atoms. The van der Waals surface area contributed by atoms with Crippen LogP contribution >= 0.6 is 0 Å². The summed E-state index contributed by atoms with van der Waals surface area (Å²) in [7, 11) is -0.352. The number of esters is 1. The van der Waals surface area contributed by atoms with E-state index in [1.807, 2.05) is 0 Å². The van der Waals surface area contributed by atoms with E-state index in [4.69, 9.17) is 13.9 Å². The summed E-state index contributed by atoms with van der Waals surface area (Å²) in [5.41, 5.74) is 2.00. The number of nitrogens with zero attached hydrogens (tertiary/aromatic N) is 1. The summed E-state index contributed by atoms with van der Waals surface area (Å²) < 4.78 is 15.8. The Kier molecular flexibility index (Phi) is 6.85. The second-order valence-corrected chi connectivity index (χ2v) is 8.25. The van der Waals surface area contributed by atoms with E-state index in [1.54, 1.807) is 63.2 Å². The largest absolute Gasteiger partial charge is 0.488 e. The zero-order chi connectivity index (χ0) is 23.5. The van der Waals surface area contributed by atoms with Gasteiger partial charge >= 0.3 is 19.2 Å². The lowest BCUT2D eigenvalue weighted by molar-refractivity contribution is -0.143. The van der Waals surface area contributed by atoms with Gasteiger partial charge < -0.3 is 29.3 Å². The lowest BCUT2D eigenvalue weighted by Gasteiger charge is -2.22. The van der Waals surface area contributed by atoms with E-state index in [0.717, 1.165) is 5.56 Å². The van der Waals surface area contributed by atoms with Crippen molar-refractivity contribution < 1.29 is 33.5 Å². The molecular formula is C22H25BN2O7. The van der Waals surface area contributed by atoms with Gasteiger partial charge in [0, 0.05) is 12.0 Å². The average Bonchev–Trinajstić information content (AvgIpc) is 3.15. The molecule has 0 aliphatic rings. The number of carbonyl (C=O) groups is 2. The fraction of sp³-hybridized carbons (Fsp3) is 0.318. The maximum absolute atomic E-state index is 12.2. The summed E-state index contributed by atoms with van der Waals surface area (Å²) in [6, 6.07) is 10.9. The summed E-state index contributed by atoms with van der Waals surface area (Å²) in [5, 5.41) is 21.3. The van der Waals surface area contributed by atoms with Crippen molar-refractivity contribution >= 4 is 35.7 Å². The van der Waals surface area contributed by atoms with Crippen LogP contribution in [0.2, 0.25) is 0 Å². The lowest BCUT2D eigenvalue weighted by atomic mass is 9.79. The van der Waals surface area contributed by atoms with E-state index in [9.17, 15) is 19.6 Å². The van der Waals surface area contributed by atoms with Gasteiger partial charge in [-0.25, -0.2) is 14.6 Å². The SMILES string of the molecule is COC(=O)[C@H](Cc1ccc2oc(-c3cccc(B(O)O)c3)nc2c1)NC(=O)OC(C)(C)C. The highest BCUT2D eigenvalue weighted by Gasteiger charge is 2.25. The number of hydrogen-bond acceptors (Lipinski definition) is 8. The quantitative estimate of drug-likeness (QED) is 0.391. The maximum atomic E-state index is 12.2. The normalized spacial score (nSPS) is 12.3. The monoisotopic (exact) mass is 440 g/mol. The number of methoxy groups -OCH3 is 1. The second-order valence-electron chi connectivity index (χ2n) is 8.25. The molecule has 10 heteroatoms. The van der Waals surface area contributed by atoms with Gasteiger partial charge in [-0.05, 0) is 56.1 Å². The van der Waals surface area contributed by atoms with Crippen molar-refractivity contribution in [3.63, 3.8) is 0 Å². The first kappa shape index (κ1) is 23.3. The van der Waals surface area contributed by atoms with Crippen molar-refractivity contribution in [2.45, 2.75) is 38.8 Å². The first-order chi connectivity index (χ1) is 15.1. The van der Waals surface area contributed by atoms with Crippen molar-refractivity contribution in [1.29, 1.82) is 0 Å². The summed E-state index contributed by atoms with van der Waals surface area (Å²) in [4.78, 5) is 28.8. The molecule has 3 N–H and O–H groups in total. The highest BCUT2D eigenvalue weighted by molar-refractivity contribution is 6.58. The summed E-state index contributed by atoms with van der Waals surface area (Å²) >= 11 is 0. The highest BCUT2D eigenvalue weighted by Crippen LogP contribution is 2.25. The third-order valence-corrected chi connectivity index (χ3v) is 4.50. The lowest BCUT2D eigenvalue weighted by Crippen LogP contribution is -2.45. The molecule has 2 aromatic carbocycles. The average molecular weight is 440 g/mol. The number of alkyl carbamates (subject to hydrolysis) is 1. The molecule has 1 atom stereocenters. The van der Waals surface area contributed by atoms with Gasteiger partial charge in [-0.2, -0.15) is 0 Å². The number of fused-ring (bicyclic) bond motifs is 1. The Morgan fingerprint density at radius 1 is 1.19 bits per heavy atom.